The number of ether oxygens (including phenoxy) is 1. The van der Waals surface area contributed by atoms with E-state index in [0.717, 1.165) is 24.2 Å². The second-order valence-corrected chi connectivity index (χ2v) is 5.81. The Bertz CT molecular complexity index is 524. The Morgan fingerprint density at radius 2 is 1.86 bits per heavy atom. The minimum atomic E-state index is -0.727. The van der Waals surface area contributed by atoms with Crippen molar-refractivity contribution in [2.45, 2.75) is 44.2 Å². The second kappa shape index (κ2) is 5.76. The van der Waals surface area contributed by atoms with Gasteiger partial charge in [0, 0.05) is 12.5 Å². The Balaban J connectivity index is 1.51. The Labute approximate surface area is 123 Å². The summed E-state index contributed by atoms with van der Waals surface area (Å²) in [6, 6.07) is 7.75. The highest BCUT2D eigenvalue weighted by molar-refractivity contribution is 5.82. The summed E-state index contributed by atoms with van der Waals surface area (Å²) in [6.45, 7) is 0. The molecule has 1 amide bonds. The first-order valence-corrected chi connectivity index (χ1v) is 7.41. The third-order valence-corrected chi connectivity index (χ3v) is 4.36. The number of para-hydroxylation sites is 1. The van der Waals surface area contributed by atoms with E-state index < -0.39 is 12.1 Å². The average molecular weight is 289 g/mol. The molecule has 0 radical (unpaired) electrons. The van der Waals surface area contributed by atoms with E-state index in [1.807, 2.05) is 24.3 Å². The van der Waals surface area contributed by atoms with Crippen molar-refractivity contribution in [3.8, 4) is 5.75 Å². The molecule has 5 nitrogen and oxygen atoms in total. The summed E-state index contributed by atoms with van der Waals surface area (Å²) in [4.78, 5) is 23.2. The first kappa shape index (κ1) is 13.9. The second-order valence-electron chi connectivity index (χ2n) is 5.81. The first-order valence-electron chi connectivity index (χ1n) is 7.41. The fourth-order valence-corrected chi connectivity index (χ4v) is 3.11. The van der Waals surface area contributed by atoms with E-state index in [0.29, 0.717) is 19.3 Å². The molecular formula is C16H19NO4. The van der Waals surface area contributed by atoms with Crippen molar-refractivity contribution < 1.29 is 19.4 Å². The molecule has 1 aliphatic heterocycles. The van der Waals surface area contributed by atoms with Gasteiger partial charge in [-0.1, -0.05) is 18.2 Å². The Kier molecular flexibility index (Phi) is 3.82. The van der Waals surface area contributed by atoms with Crippen LogP contribution in [0.4, 0.5) is 0 Å². The van der Waals surface area contributed by atoms with Crippen LogP contribution in [0.2, 0.25) is 0 Å². The van der Waals surface area contributed by atoms with Gasteiger partial charge in [-0.25, -0.2) is 0 Å². The molecule has 1 aliphatic carbocycles. The molecule has 2 aliphatic rings. The number of rotatable bonds is 3. The smallest absolute Gasteiger partial charge is 0.306 e. The van der Waals surface area contributed by atoms with Crippen molar-refractivity contribution in [2.24, 2.45) is 5.92 Å². The van der Waals surface area contributed by atoms with Gasteiger partial charge in [0.1, 0.15) is 5.75 Å². The van der Waals surface area contributed by atoms with E-state index in [4.69, 9.17) is 9.84 Å². The van der Waals surface area contributed by atoms with Crippen molar-refractivity contribution in [3.63, 3.8) is 0 Å². The van der Waals surface area contributed by atoms with Crippen LogP contribution in [0.15, 0.2) is 24.3 Å². The monoisotopic (exact) mass is 289 g/mol. The number of fused-ring (bicyclic) bond motifs is 1. The number of carbonyl (C=O) groups excluding carboxylic acids is 1. The number of carbonyl (C=O) groups is 2. The van der Waals surface area contributed by atoms with Crippen LogP contribution in [0, 0.1) is 5.92 Å². The van der Waals surface area contributed by atoms with Gasteiger partial charge in [0.25, 0.3) is 5.91 Å². The molecule has 1 aromatic rings. The van der Waals surface area contributed by atoms with Crippen LogP contribution in [0.25, 0.3) is 0 Å². The summed E-state index contributed by atoms with van der Waals surface area (Å²) >= 11 is 0. The zero-order valence-electron chi connectivity index (χ0n) is 11.7. The van der Waals surface area contributed by atoms with Gasteiger partial charge in [0.2, 0.25) is 0 Å². The van der Waals surface area contributed by atoms with Gasteiger partial charge in [-0.05, 0) is 37.3 Å². The van der Waals surface area contributed by atoms with E-state index >= 15 is 0 Å². The van der Waals surface area contributed by atoms with Crippen LogP contribution >= 0.6 is 0 Å². The molecule has 1 fully saturated rings. The van der Waals surface area contributed by atoms with Crippen molar-refractivity contribution in [1.82, 2.24) is 5.32 Å². The van der Waals surface area contributed by atoms with Gasteiger partial charge in [-0.2, -0.15) is 0 Å². The number of benzene rings is 1. The standard InChI is InChI=1S/C16H19NO4/c18-15(14-9-11-3-1-2-4-13(11)21-14)17-12-7-5-10(6-8-12)16(19)20/h1-4,10,12,14H,5-9H2,(H,17,18)(H,19,20). The number of carboxylic acids is 1. The molecule has 1 atom stereocenters. The lowest BCUT2D eigenvalue weighted by Gasteiger charge is -2.27. The summed E-state index contributed by atoms with van der Waals surface area (Å²) in [5, 5.41) is 12.0. The number of amides is 1. The molecule has 5 heteroatoms. The van der Waals surface area contributed by atoms with Crippen LogP contribution in [0.5, 0.6) is 5.75 Å². The molecule has 0 aromatic heterocycles. The SMILES string of the molecule is O=C(O)C1CCC(NC(=O)C2Cc3ccccc3O2)CC1. The van der Waals surface area contributed by atoms with Gasteiger partial charge in [0.05, 0.1) is 5.92 Å². The Morgan fingerprint density at radius 3 is 2.52 bits per heavy atom. The molecule has 1 aromatic carbocycles. The average Bonchev–Trinajstić information content (AvgIpc) is 2.92. The summed E-state index contributed by atoms with van der Waals surface area (Å²) < 4.78 is 5.66. The van der Waals surface area contributed by atoms with Gasteiger partial charge in [0.15, 0.2) is 6.10 Å². The largest absolute Gasteiger partial charge is 0.481 e. The van der Waals surface area contributed by atoms with E-state index in [9.17, 15) is 9.59 Å². The fraction of sp³-hybridized carbons (Fsp3) is 0.500. The zero-order valence-corrected chi connectivity index (χ0v) is 11.7. The van der Waals surface area contributed by atoms with Crippen LogP contribution in [-0.2, 0) is 16.0 Å². The highest BCUT2D eigenvalue weighted by Gasteiger charge is 2.32. The van der Waals surface area contributed by atoms with Crippen LogP contribution in [0.3, 0.4) is 0 Å². The maximum atomic E-state index is 12.2. The minimum absolute atomic E-state index is 0.0698. The lowest BCUT2D eigenvalue weighted by Crippen LogP contribution is -2.45. The molecular weight excluding hydrogens is 270 g/mol. The number of hydrogen-bond donors (Lipinski definition) is 2. The van der Waals surface area contributed by atoms with Gasteiger partial charge in [-0.3, -0.25) is 9.59 Å². The third-order valence-electron chi connectivity index (χ3n) is 4.36. The van der Waals surface area contributed by atoms with Crippen LogP contribution in [-0.4, -0.2) is 29.1 Å². The molecule has 1 saturated carbocycles. The molecule has 0 saturated heterocycles. The maximum Gasteiger partial charge on any atom is 0.306 e. The van der Waals surface area contributed by atoms with Crippen molar-refractivity contribution in [3.05, 3.63) is 29.8 Å². The number of aliphatic carboxylic acids is 1. The first-order chi connectivity index (χ1) is 10.1. The highest BCUT2D eigenvalue weighted by Crippen LogP contribution is 2.29. The fourth-order valence-electron chi connectivity index (χ4n) is 3.11. The number of hydrogen-bond acceptors (Lipinski definition) is 3. The summed E-state index contributed by atoms with van der Waals surface area (Å²) in [5.74, 6) is -0.295. The number of carboxylic acid groups (broad SMARTS) is 1. The van der Waals surface area contributed by atoms with Gasteiger partial charge in [-0.15, -0.1) is 0 Å². The highest BCUT2D eigenvalue weighted by atomic mass is 16.5. The van der Waals surface area contributed by atoms with Crippen LogP contribution < -0.4 is 10.1 Å². The quantitative estimate of drug-likeness (QED) is 0.889. The number of nitrogens with one attached hydrogen (secondary N) is 1. The lowest BCUT2D eigenvalue weighted by molar-refractivity contribution is -0.142. The minimum Gasteiger partial charge on any atom is -0.481 e. The summed E-state index contributed by atoms with van der Waals surface area (Å²) in [6.07, 6.45) is 2.86. The van der Waals surface area contributed by atoms with E-state index in [2.05, 4.69) is 5.32 Å². The third kappa shape index (κ3) is 3.01. The molecule has 2 N–H and O–H groups in total. The van der Waals surface area contributed by atoms with E-state index in [1.54, 1.807) is 0 Å². The molecule has 0 spiro atoms. The van der Waals surface area contributed by atoms with Gasteiger partial charge >= 0.3 is 5.97 Å². The molecule has 1 heterocycles. The summed E-state index contributed by atoms with van der Waals surface area (Å²) in [7, 11) is 0. The zero-order chi connectivity index (χ0) is 14.8. The lowest BCUT2D eigenvalue weighted by atomic mass is 9.86. The van der Waals surface area contributed by atoms with E-state index in [1.165, 1.54) is 0 Å². The van der Waals surface area contributed by atoms with Crippen molar-refractivity contribution in [1.29, 1.82) is 0 Å². The molecule has 1 unspecified atom stereocenters. The molecule has 0 bridgehead atoms. The predicted molar refractivity (Wildman–Crippen MR) is 76.1 cm³/mol. The Morgan fingerprint density at radius 1 is 1.14 bits per heavy atom. The van der Waals surface area contributed by atoms with Crippen molar-refractivity contribution >= 4 is 11.9 Å². The summed E-state index contributed by atoms with van der Waals surface area (Å²) in [5.41, 5.74) is 1.06. The van der Waals surface area contributed by atoms with Crippen molar-refractivity contribution in [2.75, 3.05) is 0 Å². The van der Waals surface area contributed by atoms with Crippen LogP contribution in [0.1, 0.15) is 31.2 Å². The molecule has 112 valence electrons. The molecule has 21 heavy (non-hydrogen) atoms. The maximum absolute atomic E-state index is 12.2. The predicted octanol–water partition coefficient (Wildman–Crippen LogP) is 1.75. The molecule has 3 rings (SSSR count). The Hall–Kier alpha value is -2.04. The van der Waals surface area contributed by atoms with Gasteiger partial charge < -0.3 is 15.2 Å². The normalized spacial score (nSPS) is 27.5. The topological polar surface area (TPSA) is 75.6 Å². The van der Waals surface area contributed by atoms with E-state index in [-0.39, 0.29) is 17.9 Å².